The molecule has 1 amide bonds. The number of carbonyl (C=O) groups excluding carboxylic acids is 1. The van der Waals surface area contributed by atoms with Gasteiger partial charge in [-0.05, 0) is 24.7 Å². The summed E-state index contributed by atoms with van der Waals surface area (Å²) in [4.78, 5) is 13.5. The zero-order valence-electron chi connectivity index (χ0n) is 9.26. The zero-order chi connectivity index (χ0) is 10.1. The molecule has 0 aliphatic heterocycles. The summed E-state index contributed by atoms with van der Waals surface area (Å²) >= 11 is 0. The van der Waals surface area contributed by atoms with Gasteiger partial charge in [-0.1, -0.05) is 20.8 Å². The maximum atomic E-state index is 11.6. The maximum absolute atomic E-state index is 11.6. The van der Waals surface area contributed by atoms with Gasteiger partial charge in [0.05, 0.1) is 0 Å². The average molecular weight is 183 g/mol. The van der Waals surface area contributed by atoms with Crippen LogP contribution in [0.3, 0.4) is 0 Å². The molecule has 13 heavy (non-hydrogen) atoms. The van der Waals surface area contributed by atoms with Crippen molar-refractivity contribution in [3.8, 4) is 0 Å². The SMILES string of the molecule is CCC(C)(C)CN(C)C(=O)C1CC1. The normalized spacial score (nSPS) is 17.2. The van der Waals surface area contributed by atoms with Crippen LogP contribution in [0.4, 0.5) is 0 Å². The summed E-state index contributed by atoms with van der Waals surface area (Å²) in [6.45, 7) is 7.49. The number of amides is 1. The summed E-state index contributed by atoms with van der Waals surface area (Å²) in [7, 11) is 1.93. The summed E-state index contributed by atoms with van der Waals surface area (Å²) < 4.78 is 0. The van der Waals surface area contributed by atoms with E-state index in [0.717, 1.165) is 25.8 Å². The minimum Gasteiger partial charge on any atom is -0.345 e. The molecule has 0 atom stereocenters. The molecule has 1 fully saturated rings. The molecule has 0 unspecified atom stereocenters. The Kier molecular flexibility index (Phi) is 2.99. The van der Waals surface area contributed by atoms with Crippen LogP contribution < -0.4 is 0 Å². The highest BCUT2D eigenvalue weighted by atomic mass is 16.2. The van der Waals surface area contributed by atoms with Gasteiger partial charge in [-0.3, -0.25) is 4.79 Å². The van der Waals surface area contributed by atoms with E-state index in [1.165, 1.54) is 0 Å². The Hall–Kier alpha value is -0.530. The molecular weight excluding hydrogens is 162 g/mol. The Bertz CT molecular complexity index is 194. The Morgan fingerprint density at radius 3 is 2.38 bits per heavy atom. The molecule has 2 heteroatoms. The number of hydrogen-bond acceptors (Lipinski definition) is 1. The first-order valence-corrected chi connectivity index (χ1v) is 5.21. The van der Waals surface area contributed by atoms with E-state index in [1.54, 1.807) is 0 Å². The molecule has 0 radical (unpaired) electrons. The molecule has 1 rings (SSSR count). The van der Waals surface area contributed by atoms with E-state index < -0.39 is 0 Å². The monoisotopic (exact) mass is 183 g/mol. The van der Waals surface area contributed by atoms with Crippen LogP contribution in [-0.4, -0.2) is 24.4 Å². The highest BCUT2D eigenvalue weighted by Gasteiger charge is 2.33. The lowest BCUT2D eigenvalue weighted by molar-refractivity contribution is -0.132. The first-order valence-electron chi connectivity index (χ1n) is 5.21. The quantitative estimate of drug-likeness (QED) is 0.655. The van der Waals surface area contributed by atoms with Crippen LogP contribution in [0.1, 0.15) is 40.0 Å². The Balaban J connectivity index is 2.39. The standard InChI is InChI=1S/C11H21NO/c1-5-11(2,3)8-12(4)10(13)9-6-7-9/h9H,5-8H2,1-4H3. The zero-order valence-corrected chi connectivity index (χ0v) is 9.26. The molecule has 0 bridgehead atoms. The minimum absolute atomic E-state index is 0.263. The van der Waals surface area contributed by atoms with Gasteiger partial charge in [0, 0.05) is 19.5 Å². The second-order valence-corrected chi connectivity index (χ2v) is 4.99. The van der Waals surface area contributed by atoms with Gasteiger partial charge in [0.2, 0.25) is 5.91 Å². The fourth-order valence-electron chi connectivity index (χ4n) is 1.47. The van der Waals surface area contributed by atoms with Gasteiger partial charge in [-0.25, -0.2) is 0 Å². The molecule has 0 N–H and O–H groups in total. The van der Waals surface area contributed by atoms with Gasteiger partial charge >= 0.3 is 0 Å². The van der Waals surface area contributed by atoms with Crippen molar-refractivity contribution in [2.75, 3.05) is 13.6 Å². The van der Waals surface area contributed by atoms with Gasteiger partial charge in [0.15, 0.2) is 0 Å². The molecule has 2 nitrogen and oxygen atoms in total. The number of rotatable bonds is 4. The molecule has 76 valence electrons. The largest absolute Gasteiger partial charge is 0.345 e. The molecule has 0 aromatic carbocycles. The van der Waals surface area contributed by atoms with Crippen molar-refractivity contribution < 1.29 is 4.79 Å². The van der Waals surface area contributed by atoms with Gasteiger partial charge < -0.3 is 4.90 Å². The molecule has 0 heterocycles. The molecular formula is C11H21NO. The highest BCUT2D eigenvalue weighted by Crippen LogP contribution is 2.31. The van der Waals surface area contributed by atoms with Crippen LogP contribution in [0, 0.1) is 11.3 Å². The lowest BCUT2D eigenvalue weighted by Gasteiger charge is -2.29. The third-order valence-corrected chi connectivity index (χ3v) is 2.93. The van der Waals surface area contributed by atoms with Crippen LogP contribution in [-0.2, 0) is 4.79 Å². The Labute approximate surface area is 81.3 Å². The molecule has 0 saturated heterocycles. The van der Waals surface area contributed by atoms with Crippen molar-refractivity contribution in [2.24, 2.45) is 11.3 Å². The van der Waals surface area contributed by atoms with Crippen LogP contribution in [0.25, 0.3) is 0 Å². The van der Waals surface area contributed by atoms with E-state index >= 15 is 0 Å². The van der Waals surface area contributed by atoms with E-state index in [1.807, 2.05) is 11.9 Å². The second kappa shape index (κ2) is 3.69. The van der Waals surface area contributed by atoms with Crippen molar-refractivity contribution in [1.29, 1.82) is 0 Å². The van der Waals surface area contributed by atoms with Crippen molar-refractivity contribution in [2.45, 2.75) is 40.0 Å². The van der Waals surface area contributed by atoms with E-state index in [9.17, 15) is 4.79 Å². The summed E-state index contributed by atoms with van der Waals surface area (Å²) in [5.41, 5.74) is 0.263. The van der Waals surface area contributed by atoms with Gasteiger partial charge in [0.25, 0.3) is 0 Å². The molecule has 0 aromatic heterocycles. The predicted octanol–water partition coefficient (Wildman–Crippen LogP) is 2.29. The molecule has 0 aromatic rings. The predicted molar refractivity (Wildman–Crippen MR) is 54.4 cm³/mol. The van der Waals surface area contributed by atoms with Crippen LogP contribution in [0.5, 0.6) is 0 Å². The summed E-state index contributed by atoms with van der Waals surface area (Å²) in [6, 6.07) is 0. The summed E-state index contributed by atoms with van der Waals surface area (Å²) in [6.07, 6.45) is 3.33. The molecule has 1 aliphatic carbocycles. The van der Waals surface area contributed by atoms with Crippen molar-refractivity contribution in [3.05, 3.63) is 0 Å². The van der Waals surface area contributed by atoms with Crippen molar-refractivity contribution in [1.82, 2.24) is 4.90 Å². The van der Waals surface area contributed by atoms with E-state index in [4.69, 9.17) is 0 Å². The number of carbonyl (C=O) groups is 1. The third kappa shape index (κ3) is 3.02. The first kappa shape index (κ1) is 10.6. The van der Waals surface area contributed by atoms with Crippen molar-refractivity contribution >= 4 is 5.91 Å². The van der Waals surface area contributed by atoms with Gasteiger partial charge in [0.1, 0.15) is 0 Å². The smallest absolute Gasteiger partial charge is 0.225 e. The lowest BCUT2D eigenvalue weighted by atomic mass is 9.90. The Morgan fingerprint density at radius 1 is 1.46 bits per heavy atom. The number of hydrogen-bond donors (Lipinski definition) is 0. The average Bonchev–Trinajstić information content (AvgIpc) is 2.85. The van der Waals surface area contributed by atoms with Crippen LogP contribution in [0.2, 0.25) is 0 Å². The van der Waals surface area contributed by atoms with Crippen LogP contribution >= 0.6 is 0 Å². The van der Waals surface area contributed by atoms with Gasteiger partial charge in [-0.2, -0.15) is 0 Å². The lowest BCUT2D eigenvalue weighted by Crippen LogP contribution is -2.36. The molecule has 0 spiro atoms. The van der Waals surface area contributed by atoms with E-state index in [2.05, 4.69) is 20.8 Å². The Morgan fingerprint density at radius 2 is 2.00 bits per heavy atom. The van der Waals surface area contributed by atoms with Crippen molar-refractivity contribution in [3.63, 3.8) is 0 Å². The van der Waals surface area contributed by atoms with E-state index in [-0.39, 0.29) is 5.41 Å². The summed E-state index contributed by atoms with van der Waals surface area (Å²) in [5.74, 6) is 0.708. The van der Waals surface area contributed by atoms with Gasteiger partial charge in [-0.15, -0.1) is 0 Å². The summed E-state index contributed by atoms with van der Waals surface area (Å²) in [5, 5.41) is 0. The fraction of sp³-hybridized carbons (Fsp3) is 0.909. The van der Waals surface area contributed by atoms with Crippen LogP contribution in [0.15, 0.2) is 0 Å². The number of nitrogens with zero attached hydrogens (tertiary/aromatic N) is 1. The third-order valence-electron chi connectivity index (χ3n) is 2.93. The van der Waals surface area contributed by atoms with E-state index in [0.29, 0.717) is 11.8 Å². The minimum atomic E-state index is 0.263. The first-order chi connectivity index (χ1) is 5.96. The highest BCUT2D eigenvalue weighted by molar-refractivity contribution is 5.80. The fourth-order valence-corrected chi connectivity index (χ4v) is 1.47. The topological polar surface area (TPSA) is 20.3 Å². The molecule has 1 saturated carbocycles. The second-order valence-electron chi connectivity index (χ2n) is 4.99. The molecule has 1 aliphatic rings. The maximum Gasteiger partial charge on any atom is 0.225 e.